The second-order valence-electron chi connectivity index (χ2n) is 5.98. The SMILES string of the molecule is Cc1cc(Br)ccc1NC(=O)C(=O)N(c1ccccc1)c1ccc(N)cc1. The maximum atomic E-state index is 13.0. The molecule has 0 spiro atoms. The molecule has 0 fully saturated rings. The summed E-state index contributed by atoms with van der Waals surface area (Å²) in [7, 11) is 0. The molecule has 0 bridgehead atoms. The van der Waals surface area contributed by atoms with Gasteiger partial charge in [0.05, 0.1) is 0 Å². The molecule has 3 aromatic carbocycles. The van der Waals surface area contributed by atoms with Gasteiger partial charge in [0.15, 0.2) is 0 Å². The fourth-order valence-corrected chi connectivity index (χ4v) is 3.10. The van der Waals surface area contributed by atoms with Gasteiger partial charge in [-0.25, -0.2) is 0 Å². The molecule has 0 heterocycles. The fraction of sp³-hybridized carbons (Fsp3) is 0.0476. The van der Waals surface area contributed by atoms with Gasteiger partial charge in [-0.3, -0.25) is 14.5 Å². The summed E-state index contributed by atoms with van der Waals surface area (Å²) in [6.45, 7) is 1.86. The van der Waals surface area contributed by atoms with Crippen molar-refractivity contribution in [2.45, 2.75) is 6.92 Å². The number of carbonyl (C=O) groups is 2. The lowest BCUT2D eigenvalue weighted by Gasteiger charge is -2.22. The minimum atomic E-state index is -0.721. The quantitative estimate of drug-likeness (QED) is 0.475. The average Bonchev–Trinajstić information content (AvgIpc) is 2.66. The average molecular weight is 424 g/mol. The highest BCUT2D eigenvalue weighted by Gasteiger charge is 2.25. The number of nitrogens with zero attached hydrogens (tertiary/aromatic N) is 1. The molecule has 3 rings (SSSR count). The number of hydrogen-bond donors (Lipinski definition) is 2. The smallest absolute Gasteiger partial charge is 0.321 e. The number of nitrogens with two attached hydrogens (primary N) is 1. The molecule has 5 nitrogen and oxygen atoms in total. The lowest BCUT2D eigenvalue weighted by Crippen LogP contribution is -2.36. The molecule has 0 unspecified atom stereocenters. The van der Waals surface area contributed by atoms with E-state index >= 15 is 0 Å². The van der Waals surface area contributed by atoms with Gasteiger partial charge in [0.2, 0.25) is 0 Å². The van der Waals surface area contributed by atoms with Gasteiger partial charge in [0, 0.05) is 27.2 Å². The number of nitrogen functional groups attached to an aromatic ring is 1. The van der Waals surface area contributed by atoms with Crippen LogP contribution in [0, 0.1) is 6.92 Å². The van der Waals surface area contributed by atoms with E-state index in [-0.39, 0.29) is 0 Å². The largest absolute Gasteiger partial charge is 0.399 e. The highest BCUT2D eigenvalue weighted by molar-refractivity contribution is 9.10. The number of rotatable bonds is 3. The molecule has 136 valence electrons. The second kappa shape index (κ2) is 8.05. The number of aryl methyl sites for hydroxylation is 1. The number of para-hydroxylation sites is 1. The van der Waals surface area contributed by atoms with Crippen LogP contribution in [0.25, 0.3) is 0 Å². The Kier molecular flexibility index (Phi) is 5.57. The van der Waals surface area contributed by atoms with Crippen molar-refractivity contribution in [1.29, 1.82) is 0 Å². The second-order valence-corrected chi connectivity index (χ2v) is 6.90. The van der Waals surface area contributed by atoms with E-state index in [1.54, 1.807) is 42.5 Å². The summed E-state index contributed by atoms with van der Waals surface area (Å²) in [6, 6.07) is 21.2. The third-order valence-corrected chi connectivity index (χ3v) is 4.49. The number of halogens is 1. The summed E-state index contributed by atoms with van der Waals surface area (Å²) in [5.74, 6) is -1.41. The molecule has 27 heavy (non-hydrogen) atoms. The maximum Gasteiger partial charge on any atom is 0.321 e. The Hall–Kier alpha value is -3.12. The molecule has 0 atom stereocenters. The Morgan fingerprint density at radius 1 is 0.926 bits per heavy atom. The van der Waals surface area contributed by atoms with Gasteiger partial charge in [-0.1, -0.05) is 34.1 Å². The molecular weight excluding hydrogens is 406 g/mol. The van der Waals surface area contributed by atoms with Gasteiger partial charge in [0.1, 0.15) is 0 Å². The third kappa shape index (κ3) is 4.35. The van der Waals surface area contributed by atoms with E-state index < -0.39 is 11.8 Å². The van der Waals surface area contributed by atoms with E-state index in [1.807, 2.05) is 37.3 Å². The predicted molar refractivity (Wildman–Crippen MR) is 112 cm³/mol. The van der Waals surface area contributed by atoms with E-state index in [9.17, 15) is 9.59 Å². The summed E-state index contributed by atoms with van der Waals surface area (Å²) in [5, 5.41) is 2.69. The van der Waals surface area contributed by atoms with Crippen LogP contribution < -0.4 is 16.0 Å². The van der Waals surface area contributed by atoms with Gasteiger partial charge >= 0.3 is 11.8 Å². The van der Waals surface area contributed by atoms with E-state index in [0.717, 1.165) is 10.0 Å². The first kappa shape index (κ1) is 18.7. The number of anilines is 4. The minimum Gasteiger partial charge on any atom is -0.399 e. The normalized spacial score (nSPS) is 10.3. The zero-order valence-corrected chi connectivity index (χ0v) is 16.2. The van der Waals surface area contributed by atoms with Crippen LogP contribution in [0.4, 0.5) is 22.7 Å². The molecular formula is C21H18BrN3O2. The first-order valence-corrected chi connectivity index (χ1v) is 9.07. The highest BCUT2D eigenvalue weighted by atomic mass is 79.9. The van der Waals surface area contributed by atoms with Crippen LogP contribution in [0.5, 0.6) is 0 Å². The Morgan fingerprint density at radius 3 is 2.19 bits per heavy atom. The standard InChI is InChI=1S/C21H18BrN3O2/c1-14-13-15(22)7-12-19(14)24-20(26)21(27)25(17-5-3-2-4-6-17)18-10-8-16(23)9-11-18/h2-13H,23H2,1H3,(H,24,26). The monoisotopic (exact) mass is 423 g/mol. The molecule has 6 heteroatoms. The number of nitrogens with one attached hydrogen (secondary N) is 1. The molecule has 2 amide bonds. The van der Waals surface area contributed by atoms with E-state index in [2.05, 4.69) is 21.2 Å². The summed E-state index contributed by atoms with van der Waals surface area (Å²) < 4.78 is 0.900. The number of hydrogen-bond acceptors (Lipinski definition) is 3. The van der Waals surface area contributed by atoms with Crippen LogP contribution in [0.2, 0.25) is 0 Å². The van der Waals surface area contributed by atoms with Gasteiger partial charge in [-0.2, -0.15) is 0 Å². The fourth-order valence-electron chi connectivity index (χ4n) is 2.63. The van der Waals surface area contributed by atoms with E-state index in [4.69, 9.17) is 5.73 Å². The van der Waals surface area contributed by atoms with Gasteiger partial charge in [-0.15, -0.1) is 0 Å². The molecule has 0 radical (unpaired) electrons. The molecule has 0 saturated heterocycles. The zero-order chi connectivity index (χ0) is 19.4. The number of amides is 2. The molecule has 0 saturated carbocycles. The van der Waals surface area contributed by atoms with Crippen molar-refractivity contribution >= 4 is 50.5 Å². The number of benzene rings is 3. The lowest BCUT2D eigenvalue weighted by molar-refractivity contribution is -0.134. The van der Waals surface area contributed by atoms with Crippen LogP contribution in [0.3, 0.4) is 0 Å². The molecule has 0 aliphatic rings. The van der Waals surface area contributed by atoms with Crippen molar-refractivity contribution in [1.82, 2.24) is 0 Å². The molecule has 0 aliphatic heterocycles. The van der Waals surface area contributed by atoms with E-state index in [0.29, 0.717) is 22.7 Å². The molecule has 0 aliphatic carbocycles. The van der Waals surface area contributed by atoms with Gasteiger partial charge in [0.25, 0.3) is 0 Å². The van der Waals surface area contributed by atoms with Crippen molar-refractivity contribution in [3.8, 4) is 0 Å². The van der Waals surface area contributed by atoms with Crippen LogP contribution >= 0.6 is 15.9 Å². The van der Waals surface area contributed by atoms with Crippen LogP contribution in [-0.4, -0.2) is 11.8 Å². The van der Waals surface area contributed by atoms with Crippen molar-refractivity contribution in [2.24, 2.45) is 0 Å². The van der Waals surface area contributed by atoms with E-state index in [1.165, 1.54) is 4.90 Å². The summed E-state index contributed by atoms with van der Waals surface area (Å²) in [5.41, 5.74) is 8.91. The number of carbonyl (C=O) groups excluding carboxylic acids is 2. The van der Waals surface area contributed by atoms with Crippen LogP contribution in [0.15, 0.2) is 77.3 Å². The Morgan fingerprint density at radius 2 is 1.56 bits per heavy atom. The topological polar surface area (TPSA) is 75.4 Å². The first-order valence-electron chi connectivity index (χ1n) is 8.28. The van der Waals surface area contributed by atoms with Crippen LogP contribution in [0.1, 0.15) is 5.56 Å². The molecule has 0 aromatic heterocycles. The Balaban J connectivity index is 1.92. The summed E-state index contributed by atoms with van der Waals surface area (Å²) in [6.07, 6.45) is 0. The van der Waals surface area contributed by atoms with Gasteiger partial charge < -0.3 is 11.1 Å². The summed E-state index contributed by atoms with van der Waals surface area (Å²) >= 11 is 3.38. The third-order valence-electron chi connectivity index (χ3n) is 4.00. The van der Waals surface area contributed by atoms with Crippen molar-refractivity contribution in [3.05, 3.63) is 82.8 Å². The van der Waals surface area contributed by atoms with Crippen LogP contribution in [-0.2, 0) is 9.59 Å². The van der Waals surface area contributed by atoms with Crippen molar-refractivity contribution < 1.29 is 9.59 Å². The lowest BCUT2D eigenvalue weighted by atomic mass is 10.2. The Bertz CT molecular complexity index is 972. The molecule has 3 N–H and O–H groups in total. The van der Waals surface area contributed by atoms with Crippen molar-refractivity contribution in [3.63, 3.8) is 0 Å². The highest BCUT2D eigenvalue weighted by Crippen LogP contribution is 2.27. The summed E-state index contributed by atoms with van der Waals surface area (Å²) in [4.78, 5) is 27.0. The predicted octanol–water partition coefficient (Wildman–Crippen LogP) is 4.64. The van der Waals surface area contributed by atoms with Crippen molar-refractivity contribution in [2.75, 3.05) is 16.0 Å². The minimum absolute atomic E-state index is 0.558. The first-order chi connectivity index (χ1) is 13.0. The molecule has 3 aromatic rings. The van der Waals surface area contributed by atoms with Gasteiger partial charge in [-0.05, 0) is 67.1 Å². The maximum absolute atomic E-state index is 13.0. The zero-order valence-electron chi connectivity index (χ0n) is 14.6. The Labute approximate surface area is 165 Å².